The quantitative estimate of drug-likeness (QED) is 0.531. The Hall–Kier alpha value is -0.800. The first-order valence-electron chi connectivity index (χ1n) is 2.71. The van der Waals surface area contributed by atoms with Crippen LogP contribution in [0.15, 0.2) is 18.3 Å². The maximum Gasteiger partial charge on any atom is 0.239 e. The van der Waals surface area contributed by atoms with E-state index in [1.165, 1.54) is 4.57 Å². The molecule has 0 unspecified atom stereocenters. The van der Waals surface area contributed by atoms with Gasteiger partial charge in [0.05, 0.1) is 0 Å². The standard InChI is InChI=1S/C6H9NO2/c1-5-3-2-4-7(5)6(8)9/h2-4,6,8-9H,1H3. The molecular weight excluding hydrogens is 118 g/mol. The Labute approximate surface area is 53.2 Å². The summed E-state index contributed by atoms with van der Waals surface area (Å²) in [6, 6.07) is 3.56. The molecule has 0 aliphatic rings. The summed E-state index contributed by atoms with van der Waals surface area (Å²) in [5, 5.41) is 17.2. The molecule has 0 aliphatic heterocycles. The Morgan fingerprint density at radius 2 is 2.22 bits per heavy atom. The molecule has 0 saturated heterocycles. The Bertz CT molecular complexity index is 193. The normalized spacial score (nSPS) is 10.7. The molecule has 0 radical (unpaired) electrons. The highest BCUT2D eigenvalue weighted by Crippen LogP contribution is 2.04. The van der Waals surface area contributed by atoms with Crippen molar-refractivity contribution in [3.63, 3.8) is 0 Å². The van der Waals surface area contributed by atoms with Crippen molar-refractivity contribution in [2.24, 2.45) is 0 Å². The molecule has 0 saturated carbocycles. The lowest BCUT2D eigenvalue weighted by molar-refractivity contribution is -0.103. The predicted molar refractivity (Wildman–Crippen MR) is 32.6 cm³/mol. The van der Waals surface area contributed by atoms with Gasteiger partial charge in [0.1, 0.15) is 0 Å². The summed E-state index contributed by atoms with van der Waals surface area (Å²) in [5.41, 5.74) is 0.838. The molecule has 0 atom stereocenters. The maximum atomic E-state index is 8.61. The lowest BCUT2D eigenvalue weighted by Crippen LogP contribution is -2.06. The number of aliphatic hydroxyl groups excluding tert-OH is 1. The van der Waals surface area contributed by atoms with Crippen molar-refractivity contribution in [2.75, 3.05) is 0 Å². The van der Waals surface area contributed by atoms with E-state index in [0.717, 1.165) is 5.69 Å². The summed E-state index contributed by atoms with van der Waals surface area (Å²) >= 11 is 0. The third-order valence-corrected chi connectivity index (χ3v) is 1.24. The molecule has 1 aromatic heterocycles. The van der Waals surface area contributed by atoms with Gasteiger partial charge in [-0.2, -0.15) is 0 Å². The van der Waals surface area contributed by atoms with Crippen LogP contribution >= 0.6 is 0 Å². The van der Waals surface area contributed by atoms with Gasteiger partial charge in [0.2, 0.25) is 6.41 Å². The number of hydrogen-bond donors (Lipinski definition) is 2. The van der Waals surface area contributed by atoms with Crippen molar-refractivity contribution < 1.29 is 10.2 Å². The van der Waals surface area contributed by atoms with Gasteiger partial charge in [0.15, 0.2) is 0 Å². The Kier molecular flexibility index (Phi) is 1.55. The number of nitrogens with zero attached hydrogens (tertiary/aromatic N) is 1. The molecule has 0 bridgehead atoms. The zero-order valence-corrected chi connectivity index (χ0v) is 5.15. The topological polar surface area (TPSA) is 45.4 Å². The van der Waals surface area contributed by atoms with Gasteiger partial charge in [-0.05, 0) is 19.1 Å². The van der Waals surface area contributed by atoms with E-state index in [0.29, 0.717) is 0 Å². The van der Waals surface area contributed by atoms with Gasteiger partial charge in [-0.25, -0.2) is 0 Å². The summed E-state index contributed by atoms with van der Waals surface area (Å²) in [6.07, 6.45) is 0.208. The zero-order valence-electron chi connectivity index (χ0n) is 5.15. The number of aromatic nitrogens is 1. The summed E-state index contributed by atoms with van der Waals surface area (Å²) in [4.78, 5) is 0. The Balaban J connectivity index is 2.94. The minimum atomic E-state index is -1.40. The smallest absolute Gasteiger partial charge is 0.239 e. The summed E-state index contributed by atoms with van der Waals surface area (Å²) in [6.45, 7) is 1.80. The van der Waals surface area contributed by atoms with E-state index in [1.807, 2.05) is 0 Å². The van der Waals surface area contributed by atoms with E-state index in [9.17, 15) is 0 Å². The number of aryl methyl sites for hydroxylation is 1. The van der Waals surface area contributed by atoms with Crippen LogP contribution in [-0.4, -0.2) is 14.8 Å². The van der Waals surface area contributed by atoms with Crippen molar-refractivity contribution >= 4 is 0 Å². The molecule has 3 nitrogen and oxygen atoms in total. The van der Waals surface area contributed by atoms with E-state index in [2.05, 4.69) is 0 Å². The lowest BCUT2D eigenvalue weighted by atomic mass is 10.5. The average molecular weight is 127 g/mol. The fourth-order valence-corrected chi connectivity index (χ4v) is 0.738. The first kappa shape index (κ1) is 6.32. The van der Waals surface area contributed by atoms with Gasteiger partial charge in [-0.15, -0.1) is 0 Å². The van der Waals surface area contributed by atoms with Gasteiger partial charge in [0, 0.05) is 11.9 Å². The fourth-order valence-electron chi connectivity index (χ4n) is 0.738. The minimum Gasteiger partial charge on any atom is -0.351 e. The van der Waals surface area contributed by atoms with E-state index >= 15 is 0 Å². The number of hydrogen-bond acceptors (Lipinski definition) is 2. The third-order valence-electron chi connectivity index (χ3n) is 1.24. The van der Waals surface area contributed by atoms with Gasteiger partial charge in [-0.1, -0.05) is 0 Å². The van der Waals surface area contributed by atoms with Crippen LogP contribution in [0.3, 0.4) is 0 Å². The molecule has 9 heavy (non-hydrogen) atoms. The average Bonchev–Trinajstić information content (AvgIpc) is 2.13. The number of aliphatic hydroxyl groups is 2. The Morgan fingerprint density at radius 3 is 2.44 bits per heavy atom. The minimum absolute atomic E-state index is 0.838. The fraction of sp³-hybridized carbons (Fsp3) is 0.333. The van der Waals surface area contributed by atoms with Crippen molar-refractivity contribution in [1.29, 1.82) is 0 Å². The van der Waals surface area contributed by atoms with Gasteiger partial charge in [0.25, 0.3) is 0 Å². The van der Waals surface area contributed by atoms with Crippen molar-refractivity contribution in [3.05, 3.63) is 24.0 Å². The monoisotopic (exact) mass is 127 g/mol. The van der Waals surface area contributed by atoms with Crippen LogP contribution in [0.4, 0.5) is 0 Å². The number of rotatable bonds is 1. The van der Waals surface area contributed by atoms with Crippen LogP contribution in [0, 0.1) is 6.92 Å². The van der Waals surface area contributed by atoms with Crippen molar-refractivity contribution in [1.82, 2.24) is 4.57 Å². The van der Waals surface area contributed by atoms with Crippen LogP contribution in [0.25, 0.3) is 0 Å². The third kappa shape index (κ3) is 1.12. The zero-order chi connectivity index (χ0) is 6.85. The van der Waals surface area contributed by atoms with E-state index < -0.39 is 6.41 Å². The summed E-state index contributed by atoms with van der Waals surface area (Å²) in [7, 11) is 0. The first-order chi connectivity index (χ1) is 4.22. The molecule has 3 heteroatoms. The first-order valence-corrected chi connectivity index (χ1v) is 2.71. The largest absolute Gasteiger partial charge is 0.351 e. The molecule has 0 aromatic carbocycles. The molecule has 2 N–H and O–H groups in total. The molecular formula is C6H9NO2. The molecule has 0 aliphatic carbocycles. The maximum absolute atomic E-state index is 8.61. The SMILES string of the molecule is Cc1cccn1C(O)O. The molecule has 1 rings (SSSR count). The van der Waals surface area contributed by atoms with Crippen LogP contribution in [-0.2, 0) is 0 Å². The van der Waals surface area contributed by atoms with Crippen LogP contribution < -0.4 is 0 Å². The molecule has 0 spiro atoms. The van der Waals surface area contributed by atoms with Crippen LogP contribution in [0.1, 0.15) is 12.1 Å². The summed E-state index contributed by atoms with van der Waals surface area (Å²) < 4.78 is 1.36. The van der Waals surface area contributed by atoms with E-state index in [1.54, 1.807) is 25.3 Å². The molecule has 1 heterocycles. The van der Waals surface area contributed by atoms with Crippen molar-refractivity contribution in [2.45, 2.75) is 13.3 Å². The van der Waals surface area contributed by atoms with Crippen LogP contribution in [0.5, 0.6) is 0 Å². The second kappa shape index (κ2) is 2.21. The molecule has 1 aromatic rings. The highest BCUT2D eigenvalue weighted by Gasteiger charge is 1.99. The Morgan fingerprint density at radius 1 is 1.56 bits per heavy atom. The predicted octanol–water partition coefficient (Wildman–Crippen LogP) is 0.237. The van der Waals surface area contributed by atoms with E-state index in [-0.39, 0.29) is 0 Å². The molecule has 0 fully saturated rings. The van der Waals surface area contributed by atoms with Crippen molar-refractivity contribution in [3.8, 4) is 0 Å². The molecule has 50 valence electrons. The van der Waals surface area contributed by atoms with Gasteiger partial charge < -0.3 is 14.8 Å². The lowest BCUT2D eigenvalue weighted by Gasteiger charge is -2.06. The molecule has 0 amide bonds. The highest BCUT2D eigenvalue weighted by atomic mass is 16.5. The highest BCUT2D eigenvalue weighted by molar-refractivity contribution is 5.04. The summed E-state index contributed by atoms with van der Waals surface area (Å²) in [5.74, 6) is 0. The van der Waals surface area contributed by atoms with Gasteiger partial charge in [-0.3, -0.25) is 0 Å². The second-order valence-corrected chi connectivity index (χ2v) is 1.90. The van der Waals surface area contributed by atoms with Crippen LogP contribution in [0.2, 0.25) is 0 Å². The second-order valence-electron chi connectivity index (χ2n) is 1.90. The van der Waals surface area contributed by atoms with Gasteiger partial charge >= 0.3 is 0 Å². The van der Waals surface area contributed by atoms with E-state index in [4.69, 9.17) is 10.2 Å².